The molecule has 1 amide bonds. The Hall–Kier alpha value is -2.42. The molecule has 1 N–H and O–H groups in total. The van der Waals surface area contributed by atoms with Crippen LogP contribution in [0.5, 0.6) is 0 Å². The number of fused-ring (bicyclic) bond motifs is 2. The van der Waals surface area contributed by atoms with Crippen molar-refractivity contribution in [1.29, 1.82) is 0 Å². The maximum Gasteiger partial charge on any atom is 0.435 e. The summed E-state index contributed by atoms with van der Waals surface area (Å²) in [5.74, 6) is -0.326. The molecule has 1 aliphatic rings. The Bertz CT molecular complexity index is 959. The van der Waals surface area contributed by atoms with E-state index in [1.54, 1.807) is 0 Å². The molecule has 0 fully saturated rings. The molecule has 0 atom stereocenters. The summed E-state index contributed by atoms with van der Waals surface area (Å²) in [6, 6.07) is 7.44. The molecule has 2 heterocycles. The fourth-order valence-corrected chi connectivity index (χ4v) is 4.29. The summed E-state index contributed by atoms with van der Waals surface area (Å²) in [5.41, 5.74) is 0.923. The molecule has 0 unspecified atom stereocenters. The van der Waals surface area contributed by atoms with Gasteiger partial charge < -0.3 is 5.32 Å². The molecule has 2 aromatic heterocycles. The Morgan fingerprint density at radius 1 is 1.22 bits per heavy atom. The third-order valence-corrected chi connectivity index (χ3v) is 5.66. The fraction of sp³-hybridized carbons (Fsp3) is 0.389. The predicted molar refractivity (Wildman–Crippen MR) is 95.8 cm³/mol. The van der Waals surface area contributed by atoms with Crippen molar-refractivity contribution in [3.05, 3.63) is 46.2 Å². The number of amides is 1. The van der Waals surface area contributed by atoms with Crippen LogP contribution >= 0.6 is 11.3 Å². The van der Waals surface area contributed by atoms with Crippen LogP contribution in [0.2, 0.25) is 0 Å². The van der Waals surface area contributed by atoms with E-state index < -0.39 is 11.9 Å². The van der Waals surface area contributed by atoms with E-state index in [0.717, 1.165) is 23.1 Å². The number of benzene rings is 1. The van der Waals surface area contributed by atoms with Gasteiger partial charge in [-0.05, 0) is 37.8 Å². The zero-order valence-electron chi connectivity index (χ0n) is 14.3. The first kappa shape index (κ1) is 18.0. The average molecular weight is 394 g/mol. The number of hydrogen-bond acceptors (Lipinski definition) is 4. The minimum Gasteiger partial charge on any atom is -0.348 e. The number of alkyl halides is 3. The van der Waals surface area contributed by atoms with Gasteiger partial charge in [0.05, 0.1) is 16.8 Å². The molecule has 1 aromatic carbocycles. The Morgan fingerprint density at radius 2 is 2.00 bits per heavy atom. The standard InChI is InChI=1S/C18H17F3N4OS/c19-18(20,21)15-11-5-1-3-7-13(11)25(24-15)10-9-22-16(26)17-23-12-6-2-4-8-14(12)27-17/h2,4,6,8H,1,3,5,7,9-10H2,(H,22,26). The van der Waals surface area contributed by atoms with Gasteiger partial charge in [-0.3, -0.25) is 9.48 Å². The third kappa shape index (κ3) is 3.55. The summed E-state index contributed by atoms with van der Waals surface area (Å²) in [6.45, 7) is 0.398. The number of carbonyl (C=O) groups excluding carboxylic acids is 1. The molecule has 0 spiro atoms. The number of nitrogens with one attached hydrogen (secondary N) is 1. The molecule has 27 heavy (non-hydrogen) atoms. The molecule has 3 aromatic rings. The molecule has 0 bridgehead atoms. The first-order valence-corrected chi connectivity index (χ1v) is 9.54. The van der Waals surface area contributed by atoms with Crippen molar-refractivity contribution >= 4 is 27.5 Å². The van der Waals surface area contributed by atoms with Gasteiger partial charge in [0.1, 0.15) is 0 Å². The van der Waals surface area contributed by atoms with Crippen LogP contribution in [0.4, 0.5) is 13.2 Å². The van der Waals surface area contributed by atoms with Crippen molar-refractivity contribution < 1.29 is 18.0 Å². The predicted octanol–water partition coefficient (Wildman–Crippen LogP) is 3.82. The van der Waals surface area contributed by atoms with Gasteiger partial charge in [0.2, 0.25) is 0 Å². The van der Waals surface area contributed by atoms with Crippen LogP contribution in [0.1, 0.15) is 39.6 Å². The lowest BCUT2D eigenvalue weighted by Gasteiger charge is -2.14. The summed E-state index contributed by atoms with van der Waals surface area (Å²) >= 11 is 1.29. The molecule has 0 saturated heterocycles. The second-order valence-corrected chi connectivity index (χ2v) is 7.48. The lowest BCUT2D eigenvalue weighted by molar-refractivity contribution is -0.142. The van der Waals surface area contributed by atoms with Crippen LogP contribution in [-0.2, 0) is 25.6 Å². The third-order valence-electron chi connectivity index (χ3n) is 4.62. The topological polar surface area (TPSA) is 59.8 Å². The Balaban J connectivity index is 1.46. The first-order valence-electron chi connectivity index (χ1n) is 8.73. The quantitative estimate of drug-likeness (QED) is 0.732. The van der Waals surface area contributed by atoms with Crippen molar-refractivity contribution in [1.82, 2.24) is 20.1 Å². The summed E-state index contributed by atoms with van der Waals surface area (Å²) in [6.07, 6.45) is -1.85. The van der Waals surface area contributed by atoms with Gasteiger partial charge in [-0.15, -0.1) is 11.3 Å². The van der Waals surface area contributed by atoms with E-state index >= 15 is 0 Å². The highest BCUT2D eigenvalue weighted by Crippen LogP contribution is 2.35. The monoisotopic (exact) mass is 394 g/mol. The largest absolute Gasteiger partial charge is 0.435 e. The molecule has 0 aliphatic heterocycles. The van der Waals surface area contributed by atoms with Gasteiger partial charge >= 0.3 is 6.18 Å². The van der Waals surface area contributed by atoms with Crippen molar-refractivity contribution in [3.8, 4) is 0 Å². The smallest absolute Gasteiger partial charge is 0.348 e. The van der Waals surface area contributed by atoms with E-state index in [0.29, 0.717) is 29.1 Å². The lowest BCUT2D eigenvalue weighted by atomic mass is 9.95. The number of para-hydroxylation sites is 1. The van der Waals surface area contributed by atoms with Crippen LogP contribution in [0.15, 0.2) is 24.3 Å². The van der Waals surface area contributed by atoms with Gasteiger partial charge in [-0.1, -0.05) is 12.1 Å². The molecule has 9 heteroatoms. The summed E-state index contributed by atoms with van der Waals surface area (Å²) in [4.78, 5) is 16.6. The second-order valence-electron chi connectivity index (χ2n) is 6.44. The van der Waals surface area contributed by atoms with Gasteiger partial charge in [-0.25, -0.2) is 4.98 Å². The van der Waals surface area contributed by atoms with E-state index in [1.165, 1.54) is 16.0 Å². The summed E-state index contributed by atoms with van der Waals surface area (Å²) < 4.78 is 41.9. The number of nitrogens with zero attached hydrogens (tertiary/aromatic N) is 3. The van der Waals surface area contributed by atoms with E-state index in [-0.39, 0.29) is 19.0 Å². The average Bonchev–Trinajstić information content (AvgIpc) is 3.23. The van der Waals surface area contributed by atoms with E-state index in [2.05, 4.69) is 15.4 Å². The molecule has 0 radical (unpaired) electrons. The fourth-order valence-electron chi connectivity index (χ4n) is 3.40. The van der Waals surface area contributed by atoms with Gasteiger partial charge in [0, 0.05) is 17.8 Å². The number of rotatable bonds is 4. The molecule has 142 valence electrons. The lowest BCUT2D eigenvalue weighted by Crippen LogP contribution is -2.28. The van der Waals surface area contributed by atoms with E-state index in [4.69, 9.17) is 0 Å². The zero-order chi connectivity index (χ0) is 19.0. The van der Waals surface area contributed by atoms with Crippen molar-refractivity contribution in [3.63, 3.8) is 0 Å². The normalized spacial score (nSPS) is 14.3. The van der Waals surface area contributed by atoms with E-state index in [9.17, 15) is 18.0 Å². The van der Waals surface area contributed by atoms with Gasteiger partial charge in [0.25, 0.3) is 5.91 Å². The minimum atomic E-state index is -4.45. The van der Waals surface area contributed by atoms with Crippen LogP contribution in [0.3, 0.4) is 0 Å². The maximum absolute atomic E-state index is 13.2. The van der Waals surface area contributed by atoms with E-state index in [1.807, 2.05) is 24.3 Å². The maximum atomic E-state index is 13.2. The Kier molecular flexibility index (Phi) is 4.63. The molecule has 4 rings (SSSR count). The van der Waals surface area contributed by atoms with Gasteiger partial charge in [-0.2, -0.15) is 18.3 Å². The zero-order valence-corrected chi connectivity index (χ0v) is 15.2. The molecule has 0 saturated carbocycles. The number of halogens is 3. The van der Waals surface area contributed by atoms with Crippen LogP contribution in [0.25, 0.3) is 10.2 Å². The van der Waals surface area contributed by atoms with Crippen LogP contribution in [0, 0.1) is 0 Å². The highest BCUT2D eigenvalue weighted by molar-refractivity contribution is 7.20. The number of hydrogen-bond donors (Lipinski definition) is 1. The van der Waals surface area contributed by atoms with Crippen molar-refractivity contribution in [2.45, 2.75) is 38.4 Å². The minimum absolute atomic E-state index is 0.195. The highest BCUT2D eigenvalue weighted by atomic mass is 32.1. The van der Waals surface area contributed by atoms with Crippen molar-refractivity contribution in [2.24, 2.45) is 0 Å². The molecular formula is C18H17F3N4OS. The molecular weight excluding hydrogens is 377 g/mol. The molecule has 1 aliphatic carbocycles. The molecule has 5 nitrogen and oxygen atoms in total. The number of thiazole rings is 1. The first-order chi connectivity index (χ1) is 12.9. The number of carbonyl (C=O) groups is 1. The second kappa shape index (κ2) is 6.95. The highest BCUT2D eigenvalue weighted by Gasteiger charge is 2.39. The van der Waals surface area contributed by atoms with Crippen LogP contribution in [-0.4, -0.2) is 27.2 Å². The SMILES string of the molecule is O=C(NCCn1nc(C(F)(F)F)c2c1CCCC2)c1nc2ccccc2s1. The van der Waals surface area contributed by atoms with Crippen molar-refractivity contribution in [2.75, 3.05) is 6.54 Å². The summed E-state index contributed by atoms with van der Waals surface area (Å²) in [5, 5.41) is 6.87. The van der Waals surface area contributed by atoms with Gasteiger partial charge in [0.15, 0.2) is 10.7 Å². The number of aromatic nitrogens is 3. The van der Waals surface area contributed by atoms with Crippen LogP contribution < -0.4 is 5.32 Å². The Morgan fingerprint density at radius 3 is 2.78 bits per heavy atom. The summed E-state index contributed by atoms with van der Waals surface area (Å²) in [7, 11) is 0. The Labute approximate surface area is 157 Å².